The second-order valence-corrected chi connectivity index (χ2v) is 4.83. The van der Waals surface area contributed by atoms with E-state index in [4.69, 9.17) is 0 Å². The van der Waals surface area contributed by atoms with Gasteiger partial charge in [0.1, 0.15) is 5.82 Å². The topological polar surface area (TPSA) is 72.2 Å². The fourth-order valence-electron chi connectivity index (χ4n) is 1.60. The van der Waals surface area contributed by atoms with Crippen LogP contribution in [0.25, 0.3) is 0 Å². The number of carbonyl (C=O) groups is 1. The maximum Gasteiger partial charge on any atom is 0.304 e. The van der Waals surface area contributed by atoms with E-state index in [1.165, 1.54) is 12.1 Å². The minimum absolute atomic E-state index is 0.0961. The first-order valence-electron chi connectivity index (χ1n) is 5.59. The first-order valence-corrected chi connectivity index (χ1v) is 6.38. The van der Waals surface area contributed by atoms with Crippen molar-refractivity contribution in [1.29, 1.82) is 0 Å². The molecule has 0 fully saturated rings. The molecule has 0 atom stereocenters. The van der Waals surface area contributed by atoms with Crippen LogP contribution in [-0.4, -0.2) is 10.8 Å². The zero-order valence-corrected chi connectivity index (χ0v) is 11.9. The number of hydrogen-bond donors (Lipinski definition) is 1. The van der Waals surface area contributed by atoms with Crippen molar-refractivity contribution < 1.29 is 18.5 Å². The van der Waals surface area contributed by atoms with Crippen molar-refractivity contribution in [3.63, 3.8) is 0 Å². The van der Waals surface area contributed by atoms with Gasteiger partial charge in [-0.25, -0.2) is 4.39 Å². The van der Waals surface area contributed by atoms with Crippen LogP contribution in [0.1, 0.15) is 10.4 Å². The van der Waals surface area contributed by atoms with E-state index in [-0.39, 0.29) is 11.3 Å². The van der Waals surface area contributed by atoms with E-state index >= 15 is 0 Å². The normalized spacial score (nSPS) is 10.2. The lowest BCUT2D eigenvalue weighted by atomic mass is 10.1. The highest BCUT2D eigenvalue weighted by molar-refractivity contribution is 9.10. The Kier molecular flexibility index (Phi) is 4.27. The summed E-state index contributed by atoms with van der Waals surface area (Å²) in [6.07, 6.45) is 0. The molecule has 2 rings (SSSR count). The van der Waals surface area contributed by atoms with Crippen LogP contribution < -0.4 is 5.32 Å². The average Bonchev–Trinajstić information content (AvgIpc) is 2.42. The van der Waals surface area contributed by atoms with Gasteiger partial charge in [-0.2, -0.15) is 4.39 Å². The summed E-state index contributed by atoms with van der Waals surface area (Å²) >= 11 is 3.08. The molecule has 21 heavy (non-hydrogen) atoms. The van der Waals surface area contributed by atoms with Gasteiger partial charge in [-0.1, -0.05) is 6.07 Å². The zero-order valence-electron chi connectivity index (χ0n) is 10.3. The SMILES string of the molecule is O=C(Nc1c(F)cccc1Br)c1ccc([N+](=O)[O-])c(F)c1. The summed E-state index contributed by atoms with van der Waals surface area (Å²) < 4.78 is 27.3. The van der Waals surface area contributed by atoms with E-state index < -0.39 is 28.2 Å². The van der Waals surface area contributed by atoms with Gasteiger partial charge in [-0.05, 0) is 40.2 Å². The molecular formula is C13H7BrF2N2O3. The Hall–Kier alpha value is -2.35. The smallest absolute Gasteiger partial charge is 0.304 e. The predicted octanol–water partition coefficient (Wildman–Crippen LogP) is 3.89. The standard InChI is InChI=1S/C13H7BrF2N2O3/c14-8-2-1-3-9(15)12(8)17-13(19)7-4-5-11(18(20)21)10(16)6-7/h1-6H,(H,17,19). The van der Waals surface area contributed by atoms with Crippen molar-refractivity contribution in [3.05, 3.63) is 68.2 Å². The molecule has 1 amide bonds. The zero-order chi connectivity index (χ0) is 15.6. The summed E-state index contributed by atoms with van der Waals surface area (Å²) in [6, 6.07) is 6.81. The van der Waals surface area contributed by atoms with Crippen molar-refractivity contribution in [2.45, 2.75) is 0 Å². The summed E-state index contributed by atoms with van der Waals surface area (Å²) in [4.78, 5) is 21.5. The van der Waals surface area contributed by atoms with E-state index in [2.05, 4.69) is 21.2 Å². The molecule has 0 aliphatic heterocycles. The second kappa shape index (κ2) is 5.96. The fraction of sp³-hybridized carbons (Fsp3) is 0. The molecule has 0 aliphatic carbocycles. The summed E-state index contributed by atoms with van der Waals surface area (Å²) in [5.74, 6) is -2.59. The summed E-state index contributed by atoms with van der Waals surface area (Å²) in [5.41, 5.74) is -0.992. The van der Waals surface area contributed by atoms with Crippen molar-refractivity contribution >= 4 is 33.2 Å². The quantitative estimate of drug-likeness (QED) is 0.669. The van der Waals surface area contributed by atoms with Crippen LogP contribution in [0, 0.1) is 21.7 Å². The van der Waals surface area contributed by atoms with Gasteiger partial charge >= 0.3 is 5.69 Å². The molecule has 5 nitrogen and oxygen atoms in total. The predicted molar refractivity (Wildman–Crippen MR) is 75.1 cm³/mol. The van der Waals surface area contributed by atoms with E-state index in [1.807, 2.05) is 0 Å². The summed E-state index contributed by atoms with van der Waals surface area (Å²) in [6.45, 7) is 0. The minimum Gasteiger partial charge on any atom is -0.319 e. The third-order valence-electron chi connectivity index (χ3n) is 2.61. The Bertz CT molecular complexity index is 717. The molecular weight excluding hydrogens is 350 g/mol. The summed E-state index contributed by atoms with van der Waals surface area (Å²) in [5, 5.41) is 12.8. The first-order chi connectivity index (χ1) is 9.90. The number of nitrogens with one attached hydrogen (secondary N) is 1. The van der Waals surface area contributed by atoms with E-state index in [9.17, 15) is 23.7 Å². The van der Waals surface area contributed by atoms with Gasteiger partial charge < -0.3 is 5.32 Å². The van der Waals surface area contributed by atoms with Crippen LogP contribution in [0.2, 0.25) is 0 Å². The third kappa shape index (κ3) is 3.22. The number of rotatable bonds is 3. The molecule has 0 unspecified atom stereocenters. The van der Waals surface area contributed by atoms with E-state index in [0.29, 0.717) is 4.47 Å². The Morgan fingerprint density at radius 1 is 1.19 bits per heavy atom. The van der Waals surface area contributed by atoms with Crippen LogP contribution in [0.15, 0.2) is 40.9 Å². The first kappa shape index (κ1) is 15.0. The maximum absolute atomic E-state index is 13.6. The van der Waals surface area contributed by atoms with Crippen molar-refractivity contribution in [2.24, 2.45) is 0 Å². The number of nitro benzene ring substituents is 1. The van der Waals surface area contributed by atoms with Gasteiger partial charge in [0.2, 0.25) is 5.82 Å². The highest BCUT2D eigenvalue weighted by Crippen LogP contribution is 2.26. The lowest BCUT2D eigenvalue weighted by Gasteiger charge is -2.08. The van der Waals surface area contributed by atoms with Crippen molar-refractivity contribution in [3.8, 4) is 0 Å². The van der Waals surface area contributed by atoms with Gasteiger partial charge in [0.05, 0.1) is 10.6 Å². The minimum atomic E-state index is -1.14. The Morgan fingerprint density at radius 2 is 1.90 bits per heavy atom. The van der Waals surface area contributed by atoms with Crippen LogP contribution in [-0.2, 0) is 0 Å². The van der Waals surface area contributed by atoms with Crippen molar-refractivity contribution in [2.75, 3.05) is 5.32 Å². The van der Waals surface area contributed by atoms with Crippen LogP contribution >= 0.6 is 15.9 Å². The molecule has 108 valence electrons. The Morgan fingerprint density at radius 3 is 2.48 bits per heavy atom. The molecule has 0 heterocycles. The molecule has 8 heteroatoms. The van der Waals surface area contributed by atoms with Gasteiger partial charge in [0, 0.05) is 16.1 Å². The van der Waals surface area contributed by atoms with Crippen molar-refractivity contribution in [1.82, 2.24) is 0 Å². The summed E-state index contributed by atoms with van der Waals surface area (Å²) in [7, 11) is 0. The molecule has 0 radical (unpaired) electrons. The second-order valence-electron chi connectivity index (χ2n) is 3.97. The number of nitrogens with zero attached hydrogens (tertiary/aromatic N) is 1. The number of benzene rings is 2. The van der Waals surface area contributed by atoms with Gasteiger partial charge in [0.15, 0.2) is 0 Å². The Balaban J connectivity index is 2.29. The monoisotopic (exact) mass is 356 g/mol. The molecule has 2 aromatic rings. The van der Waals surface area contributed by atoms with Crippen LogP contribution in [0.4, 0.5) is 20.2 Å². The average molecular weight is 357 g/mol. The Labute approximate surface area is 125 Å². The van der Waals surface area contributed by atoms with Gasteiger partial charge in [0.25, 0.3) is 5.91 Å². The lowest BCUT2D eigenvalue weighted by Crippen LogP contribution is -2.14. The number of nitro groups is 1. The van der Waals surface area contributed by atoms with E-state index in [0.717, 1.165) is 24.3 Å². The number of hydrogen-bond acceptors (Lipinski definition) is 3. The molecule has 0 saturated carbocycles. The number of anilines is 1. The highest BCUT2D eigenvalue weighted by Gasteiger charge is 2.18. The number of amides is 1. The number of halogens is 3. The number of para-hydroxylation sites is 1. The molecule has 0 aliphatic rings. The molecule has 0 bridgehead atoms. The van der Waals surface area contributed by atoms with Gasteiger partial charge in [-0.3, -0.25) is 14.9 Å². The number of carbonyl (C=O) groups excluding carboxylic acids is 1. The largest absolute Gasteiger partial charge is 0.319 e. The molecule has 0 aromatic heterocycles. The lowest BCUT2D eigenvalue weighted by molar-refractivity contribution is -0.387. The van der Waals surface area contributed by atoms with Crippen LogP contribution in [0.3, 0.4) is 0 Å². The maximum atomic E-state index is 13.6. The van der Waals surface area contributed by atoms with Gasteiger partial charge in [-0.15, -0.1) is 0 Å². The molecule has 1 N–H and O–H groups in total. The van der Waals surface area contributed by atoms with E-state index in [1.54, 1.807) is 0 Å². The molecule has 0 spiro atoms. The molecule has 0 saturated heterocycles. The highest BCUT2D eigenvalue weighted by atomic mass is 79.9. The third-order valence-corrected chi connectivity index (χ3v) is 3.27. The van der Waals surface area contributed by atoms with Crippen LogP contribution in [0.5, 0.6) is 0 Å². The molecule has 2 aromatic carbocycles. The fourth-order valence-corrected chi connectivity index (χ4v) is 2.04.